The average Bonchev–Trinajstić information content (AvgIpc) is 2.47. The van der Waals surface area contributed by atoms with Crippen molar-refractivity contribution < 1.29 is 29.0 Å². The number of carbonyl (C=O) groups is 4. The Balaban J connectivity index is 4.93. The van der Waals surface area contributed by atoms with Gasteiger partial charge in [-0.2, -0.15) is 0 Å². The summed E-state index contributed by atoms with van der Waals surface area (Å²) in [6.45, 7) is 8.79. The molecular weight excluding hydrogens is 356 g/mol. The van der Waals surface area contributed by atoms with Crippen molar-refractivity contribution in [2.24, 2.45) is 11.7 Å². The molecule has 10 heteroatoms. The smallest absolute Gasteiger partial charge is 0.408 e. The first-order valence-corrected chi connectivity index (χ1v) is 8.89. The molecule has 0 aliphatic rings. The zero-order valence-corrected chi connectivity index (χ0v) is 16.6. The number of unbranched alkanes of at least 4 members (excludes halogenated alkanes) is 1. The number of hydrogen-bond acceptors (Lipinski definition) is 5. The van der Waals surface area contributed by atoms with Gasteiger partial charge in [-0.3, -0.25) is 9.59 Å². The van der Waals surface area contributed by atoms with Gasteiger partial charge in [0.1, 0.15) is 17.7 Å². The zero-order valence-electron chi connectivity index (χ0n) is 16.6. The molecule has 27 heavy (non-hydrogen) atoms. The van der Waals surface area contributed by atoms with E-state index in [1.54, 1.807) is 34.6 Å². The van der Waals surface area contributed by atoms with Crippen LogP contribution in [0.1, 0.15) is 53.9 Å². The average molecular weight is 388 g/mol. The molecule has 0 fully saturated rings. The number of hydrogen-bond donors (Lipinski definition) is 5. The molecule has 0 aliphatic heterocycles. The molecule has 0 aliphatic carbocycles. The summed E-state index contributed by atoms with van der Waals surface area (Å²) in [5, 5.41) is 15.8. The summed E-state index contributed by atoms with van der Waals surface area (Å²) in [4.78, 5) is 46.5. The molecule has 0 aromatic rings. The second kappa shape index (κ2) is 11.2. The first kappa shape index (κ1) is 24.5. The molecule has 0 bridgehead atoms. The minimum Gasteiger partial charge on any atom is -0.465 e. The molecule has 6 N–H and O–H groups in total. The van der Waals surface area contributed by atoms with Crippen molar-refractivity contribution in [2.45, 2.75) is 71.6 Å². The Kier molecular flexibility index (Phi) is 10.2. The molecule has 0 saturated heterocycles. The second-order valence-electron chi connectivity index (χ2n) is 7.56. The Bertz CT molecular complexity index is 530. The molecule has 0 aromatic carbocycles. The van der Waals surface area contributed by atoms with Crippen molar-refractivity contribution in [3.05, 3.63) is 0 Å². The van der Waals surface area contributed by atoms with Gasteiger partial charge in [-0.1, -0.05) is 13.8 Å². The van der Waals surface area contributed by atoms with E-state index in [0.29, 0.717) is 12.8 Å². The van der Waals surface area contributed by atoms with Crippen LogP contribution < -0.4 is 21.7 Å². The minimum absolute atomic E-state index is 0.214. The number of carbonyl (C=O) groups excluding carboxylic acids is 3. The molecule has 10 nitrogen and oxygen atoms in total. The van der Waals surface area contributed by atoms with Crippen molar-refractivity contribution in [3.8, 4) is 0 Å². The molecular formula is C17H32N4O6. The predicted octanol–water partition coefficient (Wildman–Crippen LogP) is 0.944. The SMILES string of the molecule is CC(C)[C@H](NC(=O)[C@@H](CCCCNC(=O)O)NC(=O)OC(C)(C)C)C(N)=O. The molecule has 4 amide bonds. The molecule has 0 rings (SSSR count). The Morgan fingerprint density at radius 1 is 1.07 bits per heavy atom. The van der Waals surface area contributed by atoms with Gasteiger partial charge >= 0.3 is 12.2 Å². The highest BCUT2D eigenvalue weighted by Gasteiger charge is 2.28. The Morgan fingerprint density at radius 2 is 1.67 bits per heavy atom. The van der Waals surface area contributed by atoms with Crippen molar-refractivity contribution in [3.63, 3.8) is 0 Å². The summed E-state index contributed by atoms with van der Waals surface area (Å²) in [7, 11) is 0. The van der Waals surface area contributed by atoms with E-state index in [9.17, 15) is 19.2 Å². The van der Waals surface area contributed by atoms with E-state index in [1.165, 1.54) is 0 Å². The van der Waals surface area contributed by atoms with Crippen LogP contribution in [-0.4, -0.2) is 53.3 Å². The summed E-state index contributed by atoms with van der Waals surface area (Å²) in [5.41, 5.74) is 4.58. The van der Waals surface area contributed by atoms with Crippen LogP contribution in [0.3, 0.4) is 0 Å². The van der Waals surface area contributed by atoms with Crippen LogP contribution in [0.25, 0.3) is 0 Å². The van der Waals surface area contributed by atoms with Crippen molar-refractivity contribution in [1.29, 1.82) is 0 Å². The molecule has 0 heterocycles. The lowest BCUT2D eigenvalue weighted by Gasteiger charge is -2.25. The lowest BCUT2D eigenvalue weighted by atomic mass is 10.0. The van der Waals surface area contributed by atoms with Crippen molar-refractivity contribution in [2.75, 3.05) is 6.54 Å². The molecule has 0 radical (unpaired) electrons. The summed E-state index contributed by atoms with van der Waals surface area (Å²) >= 11 is 0. The zero-order chi connectivity index (χ0) is 21.2. The fourth-order valence-electron chi connectivity index (χ4n) is 2.21. The molecule has 0 aromatic heterocycles. The van der Waals surface area contributed by atoms with Crippen LogP contribution in [0.5, 0.6) is 0 Å². The molecule has 0 unspecified atom stereocenters. The van der Waals surface area contributed by atoms with Crippen LogP contribution in [0, 0.1) is 5.92 Å². The lowest BCUT2D eigenvalue weighted by molar-refractivity contribution is -0.129. The number of nitrogens with one attached hydrogen (secondary N) is 3. The Morgan fingerprint density at radius 3 is 2.11 bits per heavy atom. The fourth-order valence-corrected chi connectivity index (χ4v) is 2.21. The number of primary amides is 1. The molecule has 0 saturated carbocycles. The second-order valence-corrected chi connectivity index (χ2v) is 7.56. The minimum atomic E-state index is -1.13. The monoisotopic (exact) mass is 388 g/mol. The highest BCUT2D eigenvalue weighted by molar-refractivity contribution is 5.90. The van der Waals surface area contributed by atoms with Gasteiger partial charge in [-0.05, 0) is 46.0 Å². The summed E-state index contributed by atoms with van der Waals surface area (Å²) in [6.07, 6.45) is -0.688. The number of alkyl carbamates (subject to hydrolysis) is 1. The summed E-state index contributed by atoms with van der Waals surface area (Å²) in [6, 6.07) is -1.81. The van der Waals surface area contributed by atoms with E-state index in [1.807, 2.05) is 0 Å². The number of carboxylic acid groups (broad SMARTS) is 1. The van der Waals surface area contributed by atoms with Crippen LogP contribution >= 0.6 is 0 Å². The first-order chi connectivity index (χ1) is 12.3. The number of rotatable bonds is 10. The van der Waals surface area contributed by atoms with Crippen molar-refractivity contribution in [1.82, 2.24) is 16.0 Å². The highest BCUT2D eigenvalue weighted by Crippen LogP contribution is 2.09. The van der Waals surface area contributed by atoms with Gasteiger partial charge in [-0.15, -0.1) is 0 Å². The number of ether oxygens (including phenoxy) is 1. The number of amides is 4. The van der Waals surface area contributed by atoms with E-state index >= 15 is 0 Å². The number of nitrogens with two attached hydrogens (primary N) is 1. The van der Waals surface area contributed by atoms with E-state index in [4.69, 9.17) is 15.6 Å². The third-order valence-corrected chi connectivity index (χ3v) is 3.47. The lowest BCUT2D eigenvalue weighted by Crippen LogP contribution is -2.55. The van der Waals surface area contributed by atoms with Gasteiger partial charge in [0.25, 0.3) is 0 Å². The quantitative estimate of drug-likeness (QED) is 0.350. The largest absolute Gasteiger partial charge is 0.465 e. The Hall–Kier alpha value is -2.52. The normalized spacial score (nSPS) is 13.4. The molecule has 156 valence electrons. The maximum Gasteiger partial charge on any atom is 0.408 e. The third kappa shape index (κ3) is 11.7. The van der Waals surface area contributed by atoms with Gasteiger partial charge in [-0.25, -0.2) is 9.59 Å². The van der Waals surface area contributed by atoms with Gasteiger partial charge in [0, 0.05) is 6.54 Å². The summed E-state index contributed by atoms with van der Waals surface area (Å²) in [5.74, 6) is -1.43. The summed E-state index contributed by atoms with van der Waals surface area (Å²) < 4.78 is 5.17. The Labute approximate surface area is 159 Å². The standard InChI is InChI=1S/C17H32N4O6/c1-10(2)12(13(18)22)21-14(23)11(8-6-7-9-19-15(24)25)20-16(26)27-17(3,4)5/h10-12,19H,6-9H2,1-5H3,(H2,18,22)(H,20,26)(H,21,23)(H,24,25)/t11-,12+/m1/s1. The van der Waals surface area contributed by atoms with Crippen molar-refractivity contribution >= 4 is 24.0 Å². The van der Waals surface area contributed by atoms with Gasteiger partial charge in [0.2, 0.25) is 11.8 Å². The first-order valence-electron chi connectivity index (χ1n) is 8.89. The predicted molar refractivity (Wildman–Crippen MR) is 99.0 cm³/mol. The maximum absolute atomic E-state index is 12.5. The van der Waals surface area contributed by atoms with Crippen LogP contribution in [0.4, 0.5) is 9.59 Å². The topological polar surface area (TPSA) is 160 Å². The highest BCUT2D eigenvalue weighted by atomic mass is 16.6. The van der Waals surface area contributed by atoms with E-state index in [-0.39, 0.29) is 18.9 Å². The van der Waals surface area contributed by atoms with Gasteiger partial charge < -0.3 is 31.5 Å². The maximum atomic E-state index is 12.5. The fraction of sp³-hybridized carbons (Fsp3) is 0.765. The van der Waals surface area contributed by atoms with E-state index < -0.39 is 41.7 Å². The van der Waals surface area contributed by atoms with Gasteiger partial charge in [0.05, 0.1) is 0 Å². The van der Waals surface area contributed by atoms with E-state index in [2.05, 4.69) is 16.0 Å². The van der Waals surface area contributed by atoms with Crippen LogP contribution in [0.15, 0.2) is 0 Å². The molecule has 0 spiro atoms. The third-order valence-electron chi connectivity index (χ3n) is 3.47. The molecule has 2 atom stereocenters. The van der Waals surface area contributed by atoms with Crippen LogP contribution in [-0.2, 0) is 14.3 Å². The van der Waals surface area contributed by atoms with Crippen LogP contribution in [0.2, 0.25) is 0 Å². The van der Waals surface area contributed by atoms with E-state index in [0.717, 1.165) is 0 Å². The van der Waals surface area contributed by atoms with Gasteiger partial charge in [0.15, 0.2) is 0 Å².